The maximum atomic E-state index is 13.1. The number of carbonyl (C=O) groups excluding carboxylic acids is 2. The zero-order chi connectivity index (χ0) is 24.2. The molecular weight excluding hydrogens is 442 g/mol. The fourth-order valence-electron chi connectivity index (χ4n) is 4.24. The van der Waals surface area contributed by atoms with Gasteiger partial charge in [-0.1, -0.05) is 62.4 Å². The van der Waals surface area contributed by atoms with Gasteiger partial charge in [-0.05, 0) is 36.0 Å². The number of rotatable bonds is 11. The van der Waals surface area contributed by atoms with Crippen LogP contribution in [0.3, 0.4) is 0 Å². The normalized spacial score (nSPS) is 15.9. The highest BCUT2D eigenvalue weighted by Gasteiger charge is 2.43. The first kappa shape index (κ1) is 24.8. The largest absolute Gasteiger partial charge is 0.369 e. The maximum Gasteiger partial charge on any atom is 0.264 e. The number of amides is 2. The molecule has 0 aromatic heterocycles. The Bertz CT molecular complexity index is 1090. The van der Waals surface area contributed by atoms with Crippen LogP contribution in [0.1, 0.15) is 53.0 Å². The van der Waals surface area contributed by atoms with Crippen molar-refractivity contribution in [1.82, 2.24) is 4.90 Å². The van der Waals surface area contributed by atoms with Gasteiger partial charge in [0.1, 0.15) is 0 Å². The number of carbonyl (C=O) groups is 2. The van der Waals surface area contributed by atoms with E-state index in [4.69, 9.17) is 4.74 Å². The molecule has 0 spiro atoms. The summed E-state index contributed by atoms with van der Waals surface area (Å²) in [5.74, 6) is -1.50. The van der Waals surface area contributed by atoms with Crippen LogP contribution in [0, 0.1) is 5.41 Å². The third-order valence-corrected chi connectivity index (χ3v) is 6.67. The second-order valence-electron chi connectivity index (χ2n) is 8.90. The standard InChI is InChI=1S/C25H29NO6S/c1-4-22(32-17-18-10-6-5-7-11-18)25(2,3)16-19(14-15-33(29,30)31)26-23(27)20-12-8-9-13-21(20)24(26)28/h4-13,19,22H,1,14-17H2,2-3H3,(H,29,30,31)/t19?,22-/m0/s1. The van der Waals surface area contributed by atoms with Crippen LogP contribution in [0.25, 0.3) is 0 Å². The number of nitrogens with zero attached hydrogens (tertiary/aromatic N) is 1. The predicted molar refractivity (Wildman–Crippen MR) is 125 cm³/mol. The van der Waals surface area contributed by atoms with Crippen molar-refractivity contribution in [3.8, 4) is 0 Å². The van der Waals surface area contributed by atoms with Crippen molar-refractivity contribution in [2.24, 2.45) is 5.41 Å². The van der Waals surface area contributed by atoms with Crippen LogP contribution in [-0.4, -0.2) is 47.6 Å². The Hall–Kier alpha value is -2.81. The molecule has 0 saturated heterocycles. The summed E-state index contributed by atoms with van der Waals surface area (Å²) in [6.07, 6.45) is 1.42. The molecule has 1 aliphatic rings. The molecule has 33 heavy (non-hydrogen) atoms. The minimum absolute atomic E-state index is 0.0870. The van der Waals surface area contributed by atoms with Gasteiger partial charge in [0.2, 0.25) is 0 Å². The zero-order valence-corrected chi connectivity index (χ0v) is 19.6. The lowest BCUT2D eigenvalue weighted by Crippen LogP contribution is -2.45. The topological polar surface area (TPSA) is 101 Å². The van der Waals surface area contributed by atoms with Crippen molar-refractivity contribution in [3.05, 3.63) is 83.9 Å². The van der Waals surface area contributed by atoms with Gasteiger partial charge in [0.15, 0.2) is 0 Å². The molecule has 0 radical (unpaired) electrons. The molecule has 1 aliphatic heterocycles. The molecule has 3 rings (SSSR count). The monoisotopic (exact) mass is 471 g/mol. The van der Waals surface area contributed by atoms with E-state index in [1.165, 1.54) is 0 Å². The number of hydrogen-bond donors (Lipinski definition) is 1. The van der Waals surface area contributed by atoms with Crippen LogP contribution in [-0.2, 0) is 21.5 Å². The second kappa shape index (κ2) is 9.99. The van der Waals surface area contributed by atoms with Gasteiger partial charge in [-0.25, -0.2) is 0 Å². The first-order valence-corrected chi connectivity index (χ1v) is 12.3. The highest BCUT2D eigenvalue weighted by atomic mass is 32.2. The van der Waals surface area contributed by atoms with Gasteiger partial charge in [-0.3, -0.25) is 19.0 Å². The molecule has 2 aromatic carbocycles. The SMILES string of the molecule is C=C[C@H](OCc1ccccc1)C(C)(C)CC(CCS(=O)(=O)O)N1C(=O)c2ccccc2C1=O. The summed E-state index contributed by atoms with van der Waals surface area (Å²) >= 11 is 0. The highest BCUT2D eigenvalue weighted by Crippen LogP contribution is 2.36. The molecule has 1 heterocycles. The van der Waals surface area contributed by atoms with E-state index in [2.05, 4.69) is 6.58 Å². The molecule has 1 unspecified atom stereocenters. The van der Waals surface area contributed by atoms with Crippen molar-refractivity contribution in [2.75, 3.05) is 5.75 Å². The average Bonchev–Trinajstić information content (AvgIpc) is 3.02. The Kier molecular flexibility index (Phi) is 7.51. The molecule has 7 nitrogen and oxygen atoms in total. The van der Waals surface area contributed by atoms with Gasteiger partial charge >= 0.3 is 0 Å². The minimum Gasteiger partial charge on any atom is -0.369 e. The summed E-state index contributed by atoms with van der Waals surface area (Å²) in [5, 5.41) is 0. The molecular formula is C25H29NO6S. The molecule has 2 aromatic rings. The van der Waals surface area contributed by atoms with E-state index < -0.39 is 45.2 Å². The lowest BCUT2D eigenvalue weighted by molar-refractivity contribution is -0.0177. The van der Waals surface area contributed by atoms with Crippen molar-refractivity contribution in [1.29, 1.82) is 0 Å². The second-order valence-corrected chi connectivity index (χ2v) is 10.5. The van der Waals surface area contributed by atoms with Gasteiger partial charge < -0.3 is 4.74 Å². The third-order valence-electron chi connectivity index (χ3n) is 5.92. The van der Waals surface area contributed by atoms with Crippen LogP contribution in [0.2, 0.25) is 0 Å². The highest BCUT2D eigenvalue weighted by molar-refractivity contribution is 7.85. The van der Waals surface area contributed by atoms with Crippen LogP contribution in [0.15, 0.2) is 67.3 Å². The third kappa shape index (κ3) is 5.96. The summed E-state index contributed by atoms with van der Waals surface area (Å²) in [4.78, 5) is 27.2. The van der Waals surface area contributed by atoms with Crippen LogP contribution < -0.4 is 0 Å². The smallest absolute Gasteiger partial charge is 0.264 e. The molecule has 8 heteroatoms. The van der Waals surface area contributed by atoms with E-state index in [0.29, 0.717) is 6.61 Å². The number of hydrogen-bond acceptors (Lipinski definition) is 5. The van der Waals surface area contributed by atoms with Gasteiger partial charge in [0.05, 0.1) is 29.6 Å². The van der Waals surface area contributed by atoms with Crippen LogP contribution in [0.4, 0.5) is 0 Å². The minimum atomic E-state index is -4.28. The zero-order valence-electron chi connectivity index (χ0n) is 18.8. The first-order chi connectivity index (χ1) is 15.5. The summed E-state index contributed by atoms with van der Waals surface area (Å²) < 4.78 is 38.4. The molecule has 176 valence electrons. The Morgan fingerprint density at radius 2 is 1.58 bits per heavy atom. The Labute approximate surface area is 194 Å². The van der Waals surface area contributed by atoms with Crippen molar-refractivity contribution in [3.63, 3.8) is 0 Å². The molecule has 0 fully saturated rings. The van der Waals surface area contributed by atoms with E-state index in [9.17, 15) is 22.6 Å². The quantitative estimate of drug-likeness (QED) is 0.301. The van der Waals surface area contributed by atoms with E-state index in [-0.39, 0.29) is 24.0 Å². The lowest BCUT2D eigenvalue weighted by atomic mass is 9.79. The van der Waals surface area contributed by atoms with Gasteiger partial charge in [-0.2, -0.15) is 8.42 Å². The van der Waals surface area contributed by atoms with E-state index in [1.807, 2.05) is 44.2 Å². The van der Waals surface area contributed by atoms with Gasteiger partial charge in [0, 0.05) is 6.04 Å². The average molecular weight is 472 g/mol. The summed E-state index contributed by atoms with van der Waals surface area (Å²) in [5.41, 5.74) is 0.967. The fraction of sp³-hybridized carbons (Fsp3) is 0.360. The Morgan fingerprint density at radius 3 is 2.09 bits per heavy atom. The summed E-state index contributed by atoms with van der Waals surface area (Å²) in [6.45, 7) is 8.07. The summed E-state index contributed by atoms with van der Waals surface area (Å²) in [6, 6.07) is 15.4. The van der Waals surface area contributed by atoms with Crippen molar-refractivity contribution < 1.29 is 27.3 Å². The van der Waals surface area contributed by atoms with Crippen molar-refractivity contribution in [2.45, 2.75) is 45.4 Å². The Balaban J connectivity index is 1.83. The van der Waals surface area contributed by atoms with Gasteiger partial charge in [-0.15, -0.1) is 6.58 Å². The number of fused-ring (bicyclic) bond motifs is 1. The Morgan fingerprint density at radius 1 is 1.03 bits per heavy atom. The van der Waals surface area contributed by atoms with E-state index in [0.717, 1.165) is 10.5 Å². The van der Waals surface area contributed by atoms with Crippen LogP contribution >= 0.6 is 0 Å². The number of imide groups is 1. The van der Waals surface area contributed by atoms with Gasteiger partial charge in [0.25, 0.3) is 21.9 Å². The summed E-state index contributed by atoms with van der Waals surface area (Å²) in [7, 11) is -4.28. The molecule has 2 atom stereocenters. The first-order valence-electron chi connectivity index (χ1n) is 10.7. The lowest BCUT2D eigenvalue weighted by Gasteiger charge is -2.38. The number of ether oxygens (including phenoxy) is 1. The number of benzene rings is 2. The molecule has 0 bridgehead atoms. The molecule has 2 amide bonds. The molecule has 0 aliphatic carbocycles. The van der Waals surface area contributed by atoms with Crippen LogP contribution in [0.5, 0.6) is 0 Å². The van der Waals surface area contributed by atoms with Crippen molar-refractivity contribution >= 4 is 21.9 Å². The molecule has 0 saturated carbocycles. The van der Waals surface area contributed by atoms with E-state index in [1.54, 1.807) is 30.3 Å². The molecule has 1 N–H and O–H groups in total. The van der Waals surface area contributed by atoms with E-state index >= 15 is 0 Å². The fourth-order valence-corrected chi connectivity index (χ4v) is 4.81. The maximum absolute atomic E-state index is 13.1. The predicted octanol–water partition coefficient (Wildman–Crippen LogP) is 4.12.